The van der Waals surface area contributed by atoms with Crippen LogP contribution in [0.5, 0.6) is 0 Å². The van der Waals surface area contributed by atoms with Crippen LogP contribution in [0.25, 0.3) is 0 Å². The molecule has 1 saturated heterocycles. The normalized spacial score (nSPS) is 17.3. The summed E-state index contributed by atoms with van der Waals surface area (Å²) in [6, 6.07) is 1.53. The van der Waals surface area contributed by atoms with Gasteiger partial charge in [-0.2, -0.15) is 5.10 Å². The van der Waals surface area contributed by atoms with E-state index in [0.717, 1.165) is 17.8 Å². The van der Waals surface area contributed by atoms with E-state index in [4.69, 9.17) is 0 Å². The van der Waals surface area contributed by atoms with Crippen molar-refractivity contribution in [1.82, 2.24) is 25.1 Å². The molecule has 3 rings (SSSR count). The van der Waals surface area contributed by atoms with Gasteiger partial charge in [-0.05, 0) is 12.3 Å². The minimum atomic E-state index is -0.171. The number of aromatic nitrogens is 4. The van der Waals surface area contributed by atoms with Gasteiger partial charge in [0.05, 0.1) is 23.1 Å². The van der Waals surface area contributed by atoms with Crippen LogP contribution in [-0.2, 0) is 0 Å². The molecule has 0 radical (unpaired) electrons. The maximum Gasteiger partial charge on any atom is 0.257 e. The van der Waals surface area contributed by atoms with Gasteiger partial charge in [-0.1, -0.05) is 13.8 Å². The second-order valence-electron chi connectivity index (χ2n) is 6.98. The molecule has 0 saturated carbocycles. The van der Waals surface area contributed by atoms with Crippen LogP contribution in [0, 0.1) is 0 Å². The summed E-state index contributed by atoms with van der Waals surface area (Å²) >= 11 is 0. The van der Waals surface area contributed by atoms with E-state index in [2.05, 4.69) is 20.2 Å². The van der Waals surface area contributed by atoms with Crippen molar-refractivity contribution < 1.29 is 4.79 Å². The number of aromatic amines is 2. The predicted molar refractivity (Wildman–Crippen MR) is 95.1 cm³/mol. The van der Waals surface area contributed by atoms with Crippen molar-refractivity contribution in [1.29, 1.82) is 0 Å². The molecule has 1 aliphatic rings. The Labute approximate surface area is 146 Å². The lowest BCUT2D eigenvalue weighted by Gasteiger charge is -2.18. The van der Waals surface area contributed by atoms with Crippen LogP contribution >= 0.6 is 0 Å². The smallest absolute Gasteiger partial charge is 0.257 e. The Balaban J connectivity index is 1.79. The lowest BCUT2D eigenvalue weighted by atomic mass is 10.0. The largest absolute Gasteiger partial charge is 0.348 e. The van der Waals surface area contributed by atoms with E-state index < -0.39 is 0 Å². The first-order valence-electron chi connectivity index (χ1n) is 8.48. The van der Waals surface area contributed by atoms with Crippen molar-refractivity contribution in [3.05, 3.63) is 39.6 Å². The molecule has 25 heavy (non-hydrogen) atoms. The van der Waals surface area contributed by atoms with Gasteiger partial charge in [-0.25, -0.2) is 4.98 Å². The molecule has 0 aromatic carbocycles. The van der Waals surface area contributed by atoms with Gasteiger partial charge in [0.15, 0.2) is 0 Å². The summed E-state index contributed by atoms with van der Waals surface area (Å²) in [5, 5.41) is 6.94. The molecule has 2 N–H and O–H groups in total. The van der Waals surface area contributed by atoms with Crippen LogP contribution < -0.4 is 10.5 Å². The molecule has 2 aromatic heterocycles. The first kappa shape index (κ1) is 17.2. The van der Waals surface area contributed by atoms with Crippen LogP contribution in [0.3, 0.4) is 0 Å². The maximum atomic E-state index is 12.8. The zero-order chi connectivity index (χ0) is 18.1. The standard InChI is InChI=1S/C17H24N6O2/c1-10(2)15-12(8-18-21-15)16(25)23-6-5-11(9-23)13-7-14(24)20-17(19-13)22(3)4/h7-8,10-11H,5-6,9H2,1-4H3,(H,18,21)(H,19,20,24). The number of nitrogens with zero attached hydrogens (tertiary/aromatic N) is 4. The highest BCUT2D eigenvalue weighted by Crippen LogP contribution is 2.28. The Hall–Kier alpha value is -2.64. The number of amides is 1. The minimum absolute atomic E-state index is 0.0161. The van der Waals surface area contributed by atoms with Crippen molar-refractivity contribution in [3.63, 3.8) is 0 Å². The average Bonchev–Trinajstić information content (AvgIpc) is 3.23. The quantitative estimate of drug-likeness (QED) is 0.871. The Bertz CT molecular complexity index is 823. The van der Waals surface area contributed by atoms with Crippen molar-refractivity contribution in [2.24, 2.45) is 0 Å². The molecule has 8 heteroatoms. The maximum absolute atomic E-state index is 12.8. The van der Waals surface area contributed by atoms with Crippen molar-refractivity contribution in [2.45, 2.75) is 32.1 Å². The number of H-pyrrole nitrogens is 2. The average molecular weight is 344 g/mol. The fourth-order valence-electron chi connectivity index (χ4n) is 3.15. The number of carbonyl (C=O) groups excluding carboxylic acids is 1. The number of hydrogen-bond acceptors (Lipinski definition) is 5. The minimum Gasteiger partial charge on any atom is -0.348 e. The van der Waals surface area contributed by atoms with Gasteiger partial charge in [0.25, 0.3) is 11.5 Å². The molecule has 0 aliphatic carbocycles. The second-order valence-corrected chi connectivity index (χ2v) is 6.98. The van der Waals surface area contributed by atoms with E-state index in [1.165, 1.54) is 6.07 Å². The molecular weight excluding hydrogens is 320 g/mol. The first-order valence-corrected chi connectivity index (χ1v) is 8.48. The highest BCUT2D eigenvalue weighted by molar-refractivity contribution is 5.95. The molecule has 1 fully saturated rings. The highest BCUT2D eigenvalue weighted by atomic mass is 16.2. The van der Waals surface area contributed by atoms with E-state index in [-0.39, 0.29) is 23.3 Å². The van der Waals surface area contributed by atoms with Gasteiger partial charge in [0, 0.05) is 39.2 Å². The van der Waals surface area contributed by atoms with Crippen LogP contribution in [0.4, 0.5) is 5.95 Å². The Kier molecular flexibility index (Phi) is 4.61. The third-order valence-corrected chi connectivity index (χ3v) is 4.54. The number of rotatable bonds is 4. The fraction of sp³-hybridized carbons (Fsp3) is 0.529. The zero-order valence-electron chi connectivity index (χ0n) is 15.0. The van der Waals surface area contributed by atoms with E-state index >= 15 is 0 Å². The Morgan fingerprint density at radius 2 is 2.16 bits per heavy atom. The predicted octanol–water partition coefficient (Wildman–Crippen LogP) is 1.31. The summed E-state index contributed by atoms with van der Waals surface area (Å²) < 4.78 is 0. The van der Waals surface area contributed by atoms with Crippen LogP contribution in [0.2, 0.25) is 0 Å². The van der Waals surface area contributed by atoms with Crippen molar-refractivity contribution >= 4 is 11.9 Å². The van der Waals surface area contributed by atoms with Gasteiger partial charge in [-0.3, -0.25) is 19.7 Å². The van der Waals surface area contributed by atoms with Crippen molar-refractivity contribution in [2.75, 3.05) is 32.1 Å². The zero-order valence-corrected chi connectivity index (χ0v) is 15.0. The summed E-state index contributed by atoms with van der Waals surface area (Å²) in [5.74, 6) is 0.790. The van der Waals surface area contributed by atoms with E-state index in [1.54, 1.807) is 11.1 Å². The van der Waals surface area contributed by atoms with Crippen LogP contribution in [-0.4, -0.2) is 58.2 Å². The molecule has 1 aliphatic heterocycles. The van der Waals surface area contributed by atoms with E-state index in [1.807, 2.05) is 32.8 Å². The number of carbonyl (C=O) groups is 1. The first-order chi connectivity index (χ1) is 11.9. The highest BCUT2D eigenvalue weighted by Gasteiger charge is 2.31. The van der Waals surface area contributed by atoms with Gasteiger partial charge in [0.2, 0.25) is 5.95 Å². The number of nitrogens with one attached hydrogen (secondary N) is 2. The molecule has 2 aromatic rings. The Morgan fingerprint density at radius 3 is 2.84 bits per heavy atom. The van der Waals surface area contributed by atoms with Crippen molar-refractivity contribution in [3.8, 4) is 0 Å². The molecule has 3 heterocycles. The summed E-state index contributed by atoms with van der Waals surface area (Å²) in [4.78, 5) is 35.5. The van der Waals surface area contributed by atoms with E-state index in [9.17, 15) is 9.59 Å². The third-order valence-electron chi connectivity index (χ3n) is 4.54. The summed E-state index contributed by atoms with van der Waals surface area (Å²) in [6.07, 6.45) is 2.39. The molecule has 0 spiro atoms. The summed E-state index contributed by atoms with van der Waals surface area (Å²) in [6.45, 7) is 5.27. The molecular formula is C17H24N6O2. The van der Waals surface area contributed by atoms with Gasteiger partial charge in [0.1, 0.15) is 0 Å². The summed E-state index contributed by atoms with van der Waals surface area (Å²) in [5.41, 5.74) is 2.05. The lowest BCUT2D eigenvalue weighted by Crippen LogP contribution is -2.29. The third kappa shape index (κ3) is 3.42. The van der Waals surface area contributed by atoms with Gasteiger partial charge < -0.3 is 9.80 Å². The topological polar surface area (TPSA) is 98.0 Å². The van der Waals surface area contributed by atoms with Crippen LogP contribution in [0.15, 0.2) is 17.1 Å². The number of hydrogen-bond donors (Lipinski definition) is 2. The second kappa shape index (κ2) is 6.70. The molecule has 134 valence electrons. The number of likely N-dealkylation sites (tertiary alicyclic amines) is 1. The molecule has 0 bridgehead atoms. The van der Waals surface area contributed by atoms with E-state index in [0.29, 0.717) is 24.6 Å². The monoisotopic (exact) mass is 344 g/mol. The Morgan fingerprint density at radius 1 is 1.40 bits per heavy atom. The van der Waals surface area contributed by atoms with Gasteiger partial charge in [-0.15, -0.1) is 0 Å². The molecule has 1 atom stereocenters. The molecule has 1 unspecified atom stereocenters. The fourth-order valence-corrected chi connectivity index (χ4v) is 3.15. The lowest BCUT2D eigenvalue weighted by molar-refractivity contribution is 0.0789. The SMILES string of the molecule is CC(C)c1[nH]ncc1C(=O)N1CCC(c2cc(=O)[nH]c(N(C)C)n2)C1. The number of anilines is 1. The van der Waals surface area contributed by atoms with Crippen LogP contribution in [0.1, 0.15) is 53.8 Å². The molecule has 1 amide bonds. The summed E-state index contributed by atoms with van der Waals surface area (Å²) in [7, 11) is 3.66. The molecule has 8 nitrogen and oxygen atoms in total. The van der Waals surface area contributed by atoms with Gasteiger partial charge >= 0.3 is 0 Å².